The molecule has 1 amide bonds. The number of amides is 1. The number of fused-ring (bicyclic) bond motifs is 1. The monoisotopic (exact) mass is 351 g/mol. The first-order chi connectivity index (χ1) is 11.4. The second kappa shape index (κ2) is 7.23. The minimum absolute atomic E-state index is 0.0260. The number of hydrogen-bond acceptors (Lipinski definition) is 3. The first-order valence-electron chi connectivity index (χ1n) is 8.88. The third-order valence-corrected chi connectivity index (χ3v) is 6.55. The summed E-state index contributed by atoms with van der Waals surface area (Å²) in [7, 11) is -3.26. The molecule has 24 heavy (non-hydrogen) atoms. The van der Waals surface area contributed by atoms with Crippen molar-refractivity contribution in [2.75, 3.05) is 24.7 Å². The number of nitrogens with one attached hydrogen (secondary N) is 2. The van der Waals surface area contributed by atoms with Crippen molar-refractivity contribution in [2.45, 2.75) is 49.5 Å². The Morgan fingerprint density at radius 1 is 1.21 bits per heavy atom. The van der Waals surface area contributed by atoms with Gasteiger partial charge in [0.15, 0.2) is 16.4 Å². The molecule has 1 aromatic carbocycles. The zero-order valence-corrected chi connectivity index (χ0v) is 15.1. The summed E-state index contributed by atoms with van der Waals surface area (Å²) in [5, 5.41) is 2.87. The van der Waals surface area contributed by atoms with Crippen molar-refractivity contribution < 1.29 is 18.1 Å². The van der Waals surface area contributed by atoms with E-state index in [2.05, 4.69) is 5.32 Å². The van der Waals surface area contributed by atoms with Crippen molar-refractivity contribution in [3.8, 4) is 0 Å². The van der Waals surface area contributed by atoms with Crippen LogP contribution in [0.25, 0.3) is 0 Å². The number of anilines is 1. The first kappa shape index (κ1) is 17.4. The Labute approximate surface area is 144 Å². The number of sulfone groups is 1. The topological polar surface area (TPSA) is 67.7 Å². The van der Waals surface area contributed by atoms with Gasteiger partial charge >= 0.3 is 0 Å². The summed E-state index contributed by atoms with van der Waals surface area (Å²) in [6.07, 6.45) is 8.85. The molecule has 2 fully saturated rings. The van der Waals surface area contributed by atoms with Crippen LogP contribution >= 0.6 is 0 Å². The highest BCUT2D eigenvalue weighted by atomic mass is 32.2. The second-order valence-electron chi connectivity index (χ2n) is 7.23. The Hall–Kier alpha value is -1.40. The lowest BCUT2D eigenvalue weighted by Gasteiger charge is -2.40. The van der Waals surface area contributed by atoms with Crippen LogP contribution in [0.15, 0.2) is 29.2 Å². The fraction of sp³-hybridized carbons (Fsp3) is 0.611. The smallest absolute Gasteiger partial charge is 0.279 e. The predicted molar refractivity (Wildman–Crippen MR) is 93.9 cm³/mol. The van der Waals surface area contributed by atoms with Gasteiger partial charge in [-0.1, -0.05) is 12.5 Å². The summed E-state index contributed by atoms with van der Waals surface area (Å²) in [5.41, 5.74) is 0.555. The highest BCUT2D eigenvalue weighted by Gasteiger charge is 2.37. The first-order valence-corrected chi connectivity index (χ1v) is 10.8. The number of carbonyl (C=O) groups is 1. The van der Waals surface area contributed by atoms with E-state index in [0.29, 0.717) is 18.3 Å². The van der Waals surface area contributed by atoms with E-state index in [-0.39, 0.29) is 10.8 Å². The molecule has 1 aliphatic carbocycles. The van der Waals surface area contributed by atoms with Crippen LogP contribution < -0.4 is 10.2 Å². The maximum Gasteiger partial charge on any atom is 0.279 e. The normalized spacial score (nSPS) is 27.3. The Balaban J connectivity index is 1.63. The Morgan fingerprint density at radius 2 is 1.96 bits per heavy atom. The van der Waals surface area contributed by atoms with Gasteiger partial charge < -0.3 is 10.2 Å². The van der Waals surface area contributed by atoms with Crippen LogP contribution in [0.3, 0.4) is 0 Å². The molecule has 1 heterocycles. The van der Waals surface area contributed by atoms with Gasteiger partial charge in [-0.2, -0.15) is 0 Å². The summed E-state index contributed by atoms with van der Waals surface area (Å²) in [6.45, 7) is 1.54. The fourth-order valence-corrected chi connectivity index (χ4v) is 4.97. The van der Waals surface area contributed by atoms with Crippen LogP contribution in [0.4, 0.5) is 5.69 Å². The molecule has 0 radical (unpaired) electrons. The number of carbonyl (C=O) groups excluding carboxylic acids is 1. The molecule has 1 saturated heterocycles. The van der Waals surface area contributed by atoms with Gasteiger partial charge in [-0.25, -0.2) is 8.42 Å². The van der Waals surface area contributed by atoms with Crippen LogP contribution in [0.2, 0.25) is 0 Å². The molecule has 132 valence electrons. The van der Waals surface area contributed by atoms with Gasteiger partial charge in [-0.05, 0) is 50.3 Å². The summed E-state index contributed by atoms with van der Waals surface area (Å²) >= 11 is 0. The lowest BCUT2D eigenvalue weighted by Crippen LogP contribution is -3.18. The third kappa shape index (κ3) is 4.16. The fourth-order valence-electron chi connectivity index (χ4n) is 4.30. The molecule has 1 unspecified atom stereocenters. The zero-order valence-electron chi connectivity index (χ0n) is 14.3. The molecule has 2 N–H and O–H groups in total. The summed E-state index contributed by atoms with van der Waals surface area (Å²) < 4.78 is 23.3. The van der Waals surface area contributed by atoms with Gasteiger partial charge in [-0.3, -0.25) is 4.79 Å². The van der Waals surface area contributed by atoms with Crippen LogP contribution in [0.1, 0.15) is 38.5 Å². The molecule has 1 aliphatic heterocycles. The van der Waals surface area contributed by atoms with Gasteiger partial charge in [0.2, 0.25) is 0 Å². The largest absolute Gasteiger partial charge is 0.324 e. The number of rotatable bonds is 4. The van der Waals surface area contributed by atoms with Crippen molar-refractivity contribution in [3.63, 3.8) is 0 Å². The summed E-state index contributed by atoms with van der Waals surface area (Å²) in [5.74, 6) is 0.755. The number of likely N-dealkylation sites (tertiary alicyclic amines) is 1. The molecule has 0 spiro atoms. The van der Waals surface area contributed by atoms with Gasteiger partial charge in [0.1, 0.15) is 0 Å². The van der Waals surface area contributed by atoms with Crippen molar-refractivity contribution >= 4 is 21.4 Å². The molecular weight excluding hydrogens is 324 g/mol. The number of hydrogen-bond donors (Lipinski definition) is 2. The minimum Gasteiger partial charge on any atom is -0.324 e. The molecule has 0 bridgehead atoms. The lowest BCUT2D eigenvalue weighted by atomic mass is 9.78. The van der Waals surface area contributed by atoms with Crippen molar-refractivity contribution in [1.82, 2.24) is 0 Å². The van der Waals surface area contributed by atoms with E-state index in [0.717, 1.165) is 12.5 Å². The minimum atomic E-state index is -3.26. The number of benzene rings is 1. The van der Waals surface area contributed by atoms with E-state index in [1.54, 1.807) is 18.2 Å². The van der Waals surface area contributed by atoms with E-state index >= 15 is 0 Å². The van der Waals surface area contributed by atoms with E-state index in [9.17, 15) is 13.2 Å². The van der Waals surface area contributed by atoms with E-state index in [4.69, 9.17) is 0 Å². The quantitative estimate of drug-likeness (QED) is 0.858. The Bertz CT molecular complexity index is 700. The van der Waals surface area contributed by atoms with Gasteiger partial charge in [-0.15, -0.1) is 0 Å². The molecule has 6 heteroatoms. The van der Waals surface area contributed by atoms with Crippen molar-refractivity contribution in [2.24, 2.45) is 5.92 Å². The lowest BCUT2D eigenvalue weighted by molar-refractivity contribution is -0.928. The highest BCUT2D eigenvalue weighted by Crippen LogP contribution is 2.28. The maximum absolute atomic E-state index is 12.4. The summed E-state index contributed by atoms with van der Waals surface area (Å²) in [6, 6.07) is 7.11. The Morgan fingerprint density at radius 3 is 2.75 bits per heavy atom. The second-order valence-corrected chi connectivity index (χ2v) is 9.24. The molecule has 5 nitrogen and oxygen atoms in total. The molecular formula is C18H27N2O3S+. The SMILES string of the molecule is CS(=O)(=O)c1cccc(NC(=O)C[NH+]2CCC[C@@H]3CCCC[C@@H]32)c1. The van der Waals surface area contributed by atoms with Crippen LogP contribution in [-0.4, -0.2) is 39.7 Å². The molecule has 3 rings (SSSR count). The van der Waals surface area contributed by atoms with Crippen LogP contribution in [0, 0.1) is 5.92 Å². The Kier molecular flexibility index (Phi) is 5.25. The standard InChI is InChI=1S/C18H26N2O3S/c1-24(22,23)16-9-4-8-15(12-16)19-18(21)13-20-11-5-7-14-6-2-3-10-17(14)20/h4,8-9,12,14,17H,2-3,5-7,10-11,13H2,1H3,(H,19,21)/p+1/t14-,17-/m0/s1. The van der Waals surface area contributed by atoms with Gasteiger partial charge in [0, 0.05) is 17.9 Å². The van der Waals surface area contributed by atoms with E-state index in [1.165, 1.54) is 55.7 Å². The van der Waals surface area contributed by atoms with Gasteiger partial charge in [0.05, 0.1) is 17.5 Å². The highest BCUT2D eigenvalue weighted by molar-refractivity contribution is 7.90. The number of quaternary nitrogens is 1. The number of piperidine rings is 1. The zero-order chi connectivity index (χ0) is 17.2. The van der Waals surface area contributed by atoms with Crippen molar-refractivity contribution in [3.05, 3.63) is 24.3 Å². The van der Waals surface area contributed by atoms with Crippen molar-refractivity contribution in [1.29, 1.82) is 0 Å². The maximum atomic E-state index is 12.4. The van der Waals surface area contributed by atoms with E-state index < -0.39 is 9.84 Å². The van der Waals surface area contributed by atoms with Gasteiger partial charge in [0.25, 0.3) is 5.91 Å². The van der Waals surface area contributed by atoms with Crippen LogP contribution in [0.5, 0.6) is 0 Å². The predicted octanol–water partition coefficient (Wildman–Crippen LogP) is 1.27. The third-order valence-electron chi connectivity index (χ3n) is 5.44. The molecule has 3 atom stereocenters. The summed E-state index contributed by atoms with van der Waals surface area (Å²) in [4.78, 5) is 14.1. The van der Waals surface area contributed by atoms with Crippen LogP contribution in [-0.2, 0) is 14.6 Å². The average Bonchev–Trinajstić information content (AvgIpc) is 2.54. The average molecular weight is 351 g/mol. The molecule has 0 aromatic heterocycles. The molecule has 2 aliphatic rings. The molecule has 1 aromatic rings. The van der Waals surface area contributed by atoms with E-state index in [1.807, 2.05) is 0 Å². The molecule has 1 saturated carbocycles.